The SMILES string of the molecule is COc1cc(C(=O)N(Cc2cccnc2)c2nc3c(C)cc(C)cc3s2)cc(OC)c1OC. The van der Waals surface area contributed by atoms with Gasteiger partial charge >= 0.3 is 0 Å². The zero-order valence-electron chi connectivity index (χ0n) is 19.2. The minimum Gasteiger partial charge on any atom is -0.493 e. The molecule has 0 bridgehead atoms. The third-order valence-electron chi connectivity index (χ3n) is 5.27. The highest BCUT2D eigenvalue weighted by Gasteiger charge is 2.25. The maximum absolute atomic E-state index is 13.8. The Morgan fingerprint density at radius 1 is 1.03 bits per heavy atom. The van der Waals surface area contributed by atoms with E-state index in [0.29, 0.717) is 34.5 Å². The van der Waals surface area contributed by atoms with Crippen molar-refractivity contribution in [2.75, 3.05) is 26.2 Å². The number of anilines is 1. The van der Waals surface area contributed by atoms with E-state index in [1.54, 1.807) is 29.4 Å². The average Bonchev–Trinajstić information content (AvgIpc) is 3.25. The molecular weight excluding hydrogens is 438 g/mol. The van der Waals surface area contributed by atoms with Crippen LogP contribution in [0.15, 0.2) is 48.8 Å². The number of carbonyl (C=O) groups excluding carboxylic acids is 1. The number of thiazole rings is 1. The Kier molecular flexibility index (Phi) is 6.46. The Morgan fingerprint density at radius 2 is 1.76 bits per heavy atom. The van der Waals surface area contributed by atoms with Crippen LogP contribution in [0.4, 0.5) is 5.13 Å². The summed E-state index contributed by atoms with van der Waals surface area (Å²) in [5.74, 6) is 1.03. The Hall–Kier alpha value is -3.65. The van der Waals surface area contributed by atoms with E-state index in [9.17, 15) is 4.79 Å². The maximum Gasteiger partial charge on any atom is 0.260 e. The van der Waals surface area contributed by atoms with Gasteiger partial charge in [0.05, 0.1) is 38.1 Å². The highest BCUT2D eigenvalue weighted by Crippen LogP contribution is 2.39. The van der Waals surface area contributed by atoms with Gasteiger partial charge in [0, 0.05) is 18.0 Å². The molecule has 170 valence electrons. The Morgan fingerprint density at radius 3 is 2.36 bits per heavy atom. The molecule has 7 nitrogen and oxygen atoms in total. The van der Waals surface area contributed by atoms with Crippen molar-refractivity contribution in [1.82, 2.24) is 9.97 Å². The number of fused-ring (bicyclic) bond motifs is 1. The van der Waals surface area contributed by atoms with Gasteiger partial charge in [-0.1, -0.05) is 23.5 Å². The number of methoxy groups -OCH3 is 3. The minimum atomic E-state index is -0.230. The molecule has 2 aromatic carbocycles. The Balaban J connectivity index is 1.83. The van der Waals surface area contributed by atoms with Gasteiger partial charge in [0.2, 0.25) is 5.75 Å². The molecule has 0 N–H and O–H groups in total. The smallest absolute Gasteiger partial charge is 0.260 e. The van der Waals surface area contributed by atoms with Crippen molar-refractivity contribution in [3.05, 3.63) is 71.0 Å². The first-order chi connectivity index (χ1) is 15.9. The van der Waals surface area contributed by atoms with Crippen molar-refractivity contribution in [3.63, 3.8) is 0 Å². The van der Waals surface area contributed by atoms with Crippen LogP contribution in [0.5, 0.6) is 17.2 Å². The van der Waals surface area contributed by atoms with Gasteiger partial charge in [-0.3, -0.25) is 14.7 Å². The van der Waals surface area contributed by atoms with E-state index in [1.165, 1.54) is 32.7 Å². The van der Waals surface area contributed by atoms with Crippen molar-refractivity contribution >= 4 is 32.6 Å². The van der Waals surface area contributed by atoms with Crippen molar-refractivity contribution in [1.29, 1.82) is 0 Å². The quantitative estimate of drug-likeness (QED) is 0.376. The van der Waals surface area contributed by atoms with Gasteiger partial charge in [-0.25, -0.2) is 4.98 Å². The molecular formula is C25H25N3O4S. The van der Waals surface area contributed by atoms with Crippen LogP contribution in [0.1, 0.15) is 27.0 Å². The largest absolute Gasteiger partial charge is 0.493 e. The minimum absolute atomic E-state index is 0.230. The van der Waals surface area contributed by atoms with Crippen LogP contribution in [0.25, 0.3) is 10.2 Å². The van der Waals surface area contributed by atoms with E-state index >= 15 is 0 Å². The number of hydrogen-bond donors (Lipinski definition) is 0. The van der Waals surface area contributed by atoms with E-state index < -0.39 is 0 Å². The van der Waals surface area contributed by atoms with Crippen LogP contribution in [0.2, 0.25) is 0 Å². The molecule has 2 heterocycles. The number of ether oxygens (including phenoxy) is 3. The summed E-state index contributed by atoms with van der Waals surface area (Å²) < 4.78 is 17.3. The van der Waals surface area contributed by atoms with Gasteiger partial charge in [0.1, 0.15) is 0 Å². The molecule has 0 aliphatic rings. The number of nitrogens with zero attached hydrogens (tertiary/aromatic N) is 3. The third-order valence-corrected chi connectivity index (χ3v) is 6.30. The first-order valence-corrected chi connectivity index (χ1v) is 11.2. The molecule has 0 spiro atoms. The number of pyridine rings is 1. The van der Waals surface area contributed by atoms with Gasteiger partial charge in [0.25, 0.3) is 5.91 Å². The molecule has 0 aliphatic heterocycles. The van der Waals surface area contributed by atoms with Crippen LogP contribution in [-0.4, -0.2) is 37.2 Å². The van der Waals surface area contributed by atoms with Gasteiger partial charge in [-0.05, 0) is 54.8 Å². The van der Waals surface area contributed by atoms with Crippen LogP contribution < -0.4 is 19.1 Å². The number of rotatable bonds is 7. The fourth-order valence-electron chi connectivity index (χ4n) is 3.74. The lowest BCUT2D eigenvalue weighted by atomic mass is 10.1. The molecule has 0 atom stereocenters. The summed E-state index contributed by atoms with van der Waals surface area (Å²) in [4.78, 5) is 24.5. The predicted octanol–water partition coefficient (Wildman–Crippen LogP) is 5.18. The standard InChI is InChI=1S/C25H25N3O4S/c1-15-9-16(2)22-21(10-15)33-25(27-22)28(14-17-7-6-8-26-13-17)24(29)18-11-19(30-3)23(32-5)20(12-18)31-4/h6-13H,14H2,1-5H3. The third kappa shape index (κ3) is 4.47. The molecule has 0 saturated carbocycles. The number of hydrogen-bond acceptors (Lipinski definition) is 7. The summed E-state index contributed by atoms with van der Waals surface area (Å²) in [5.41, 5.74) is 4.43. The average molecular weight is 464 g/mol. The van der Waals surface area contributed by atoms with Gasteiger partial charge < -0.3 is 14.2 Å². The number of aromatic nitrogens is 2. The molecule has 4 rings (SSSR count). The zero-order chi connectivity index (χ0) is 23.5. The lowest BCUT2D eigenvalue weighted by Crippen LogP contribution is -2.30. The molecule has 1 amide bonds. The molecule has 0 fully saturated rings. The van der Waals surface area contributed by atoms with E-state index in [4.69, 9.17) is 19.2 Å². The summed E-state index contributed by atoms with van der Waals surface area (Å²) >= 11 is 1.49. The summed E-state index contributed by atoms with van der Waals surface area (Å²) in [6.07, 6.45) is 3.46. The number of aryl methyl sites for hydroxylation is 2. The first kappa shape index (κ1) is 22.5. The predicted molar refractivity (Wildman–Crippen MR) is 130 cm³/mol. The first-order valence-electron chi connectivity index (χ1n) is 10.3. The summed E-state index contributed by atoms with van der Waals surface area (Å²) in [6.45, 7) is 4.41. The Labute approximate surface area is 196 Å². The molecule has 0 unspecified atom stereocenters. The molecule has 0 aliphatic carbocycles. The Bertz CT molecular complexity index is 1280. The van der Waals surface area contributed by atoms with E-state index in [2.05, 4.69) is 24.0 Å². The number of benzene rings is 2. The fraction of sp³-hybridized carbons (Fsp3) is 0.240. The molecule has 8 heteroatoms. The number of amides is 1. The second kappa shape index (κ2) is 9.46. The maximum atomic E-state index is 13.8. The number of carbonyl (C=O) groups is 1. The van der Waals surface area contributed by atoms with Crippen LogP contribution in [-0.2, 0) is 6.54 Å². The lowest BCUT2D eigenvalue weighted by Gasteiger charge is -2.21. The van der Waals surface area contributed by atoms with Gasteiger partial charge in [0.15, 0.2) is 16.6 Å². The second-order valence-corrected chi connectivity index (χ2v) is 8.60. The highest BCUT2D eigenvalue weighted by molar-refractivity contribution is 7.22. The van der Waals surface area contributed by atoms with Crippen molar-refractivity contribution in [3.8, 4) is 17.2 Å². The highest BCUT2D eigenvalue weighted by atomic mass is 32.1. The van der Waals surface area contributed by atoms with E-state index in [1.807, 2.05) is 19.1 Å². The lowest BCUT2D eigenvalue weighted by molar-refractivity contribution is 0.0984. The summed E-state index contributed by atoms with van der Waals surface area (Å²) in [5, 5.41) is 0.612. The molecule has 0 saturated heterocycles. The van der Waals surface area contributed by atoms with Crippen LogP contribution in [0.3, 0.4) is 0 Å². The summed E-state index contributed by atoms with van der Waals surface area (Å²) in [7, 11) is 4.58. The van der Waals surface area contributed by atoms with Crippen molar-refractivity contribution in [2.24, 2.45) is 0 Å². The molecule has 0 radical (unpaired) electrons. The van der Waals surface area contributed by atoms with Crippen molar-refractivity contribution < 1.29 is 19.0 Å². The zero-order valence-corrected chi connectivity index (χ0v) is 20.0. The second-order valence-electron chi connectivity index (χ2n) is 7.59. The van der Waals surface area contributed by atoms with E-state index in [-0.39, 0.29) is 5.91 Å². The van der Waals surface area contributed by atoms with Gasteiger partial charge in [-0.2, -0.15) is 0 Å². The normalized spacial score (nSPS) is 10.8. The van der Waals surface area contributed by atoms with E-state index in [0.717, 1.165) is 26.9 Å². The molecule has 4 aromatic rings. The van der Waals surface area contributed by atoms with Gasteiger partial charge in [-0.15, -0.1) is 0 Å². The monoisotopic (exact) mass is 463 g/mol. The topological polar surface area (TPSA) is 73.8 Å². The molecule has 33 heavy (non-hydrogen) atoms. The fourth-order valence-corrected chi connectivity index (χ4v) is 4.87. The summed E-state index contributed by atoms with van der Waals surface area (Å²) in [6, 6.07) is 11.3. The van der Waals surface area contributed by atoms with Crippen LogP contribution in [0, 0.1) is 13.8 Å². The van der Waals surface area contributed by atoms with Crippen molar-refractivity contribution in [2.45, 2.75) is 20.4 Å². The van der Waals surface area contributed by atoms with Crippen LogP contribution >= 0.6 is 11.3 Å². The molecule has 2 aromatic heterocycles.